The molecule has 0 amide bonds. The van der Waals surface area contributed by atoms with E-state index in [1.807, 2.05) is 12.3 Å². The average molecular weight is 243 g/mol. The summed E-state index contributed by atoms with van der Waals surface area (Å²) < 4.78 is 0. The molecule has 2 atom stereocenters. The molecule has 1 aliphatic rings. The van der Waals surface area contributed by atoms with Crippen molar-refractivity contribution >= 4 is 0 Å². The molecule has 1 N–H and O–H groups in total. The van der Waals surface area contributed by atoms with Crippen LogP contribution >= 0.6 is 0 Å². The summed E-state index contributed by atoms with van der Waals surface area (Å²) in [6.45, 7) is 0.939. The summed E-state index contributed by atoms with van der Waals surface area (Å²) in [5.74, 6) is 0.196. The van der Waals surface area contributed by atoms with E-state index in [0.717, 1.165) is 25.8 Å². The number of rotatable bonds is 4. The fourth-order valence-corrected chi connectivity index (χ4v) is 2.65. The van der Waals surface area contributed by atoms with E-state index in [-0.39, 0.29) is 5.92 Å². The second-order valence-corrected chi connectivity index (χ2v) is 5.05. The third-order valence-electron chi connectivity index (χ3n) is 3.72. The van der Waals surface area contributed by atoms with Crippen molar-refractivity contribution in [3.05, 3.63) is 30.1 Å². The van der Waals surface area contributed by atoms with E-state index in [2.05, 4.69) is 22.4 Å². The molecular weight excluding hydrogens is 222 g/mol. The summed E-state index contributed by atoms with van der Waals surface area (Å²) in [6, 6.07) is 6.92. The molecule has 96 valence electrons. The molecule has 0 aliphatic heterocycles. The van der Waals surface area contributed by atoms with Crippen molar-refractivity contribution in [3.8, 4) is 6.07 Å². The van der Waals surface area contributed by atoms with Crippen LogP contribution < -0.4 is 5.32 Å². The van der Waals surface area contributed by atoms with Crippen LogP contribution in [0.25, 0.3) is 0 Å². The van der Waals surface area contributed by atoms with E-state index >= 15 is 0 Å². The molecule has 3 heteroatoms. The van der Waals surface area contributed by atoms with Gasteiger partial charge in [-0.2, -0.15) is 5.26 Å². The topological polar surface area (TPSA) is 48.7 Å². The van der Waals surface area contributed by atoms with Gasteiger partial charge in [0.25, 0.3) is 0 Å². The SMILES string of the molecule is N#CC1CCCCCC1NCCc1cccnc1. The number of nitriles is 1. The fraction of sp³-hybridized carbons (Fsp3) is 0.600. The van der Waals surface area contributed by atoms with Crippen LogP contribution in [0.1, 0.15) is 37.7 Å². The Bertz CT molecular complexity index is 382. The van der Waals surface area contributed by atoms with Crippen LogP contribution in [-0.2, 0) is 6.42 Å². The van der Waals surface area contributed by atoms with Crippen LogP contribution in [0.3, 0.4) is 0 Å². The smallest absolute Gasteiger partial charge is 0.0672 e. The van der Waals surface area contributed by atoms with E-state index in [4.69, 9.17) is 0 Å². The zero-order valence-corrected chi connectivity index (χ0v) is 10.8. The zero-order chi connectivity index (χ0) is 12.6. The Morgan fingerprint density at radius 1 is 1.33 bits per heavy atom. The highest BCUT2D eigenvalue weighted by Crippen LogP contribution is 2.22. The molecule has 2 unspecified atom stereocenters. The number of nitrogens with one attached hydrogen (secondary N) is 1. The summed E-state index contributed by atoms with van der Waals surface area (Å²) in [5.41, 5.74) is 1.26. The summed E-state index contributed by atoms with van der Waals surface area (Å²) in [6.07, 6.45) is 10.6. The van der Waals surface area contributed by atoms with Crippen molar-refractivity contribution in [2.45, 2.75) is 44.6 Å². The lowest BCUT2D eigenvalue weighted by atomic mass is 9.96. The number of hydrogen-bond donors (Lipinski definition) is 1. The van der Waals surface area contributed by atoms with Gasteiger partial charge in [0.05, 0.1) is 12.0 Å². The van der Waals surface area contributed by atoms with Crippen LogP contribution in [-0.4, -0.2) is 17.6 Å². The molecule has 18 heavy (non-hydrogen) atoms. The third kappa shape index (κ3) is 3.82. The number of aromatic nitrogens is 1. The van der Waals surface area contributed by atoms with E-state index in [9.17, 15) is 5.26 Å². The lowest BCUT2D eigenvalue weighted by molar-refractivity contribution is 0.397. The van der Waals surface area contributed by atoms with Gasteiger partial charge >= 0.3 is 0 Å². The predicted octanol–water partition coefficient (Wildman–Crippen LogP) is 2.69. The van der Waals surface area contributed by atoms with Crippen molar-refractivity contribution in [2.75, 3.05) is 6.54 Å². The van der Waals surface area contributed by atoms with Gasteiger partial charge in [-0.15, -0.1) is 0 Å². The third-order valence-corrected chi connectivity index (χ3v) is 3.72. The van der Waals surface area contributed by atoms with Gasteiger partial charge < -0.3 is 5.32 Å². The minimum atomic E-state index is 0.196. The first kappa shape index (κ1) is 13.0. The molecule has 3 nitrogen and oxygen atoms in total. The molecule has 1 aromatic rings. The summed E-state index contributed by atoms with van der Waals surface area (Å²) >= 11 is 0. The number of nitrogens with zero attached hydrogens (tertiary/aromatic N) is 2. The van der Waals surface area contributed by atoms with Gasteiger partial charge in [0.15, 0.2) is 0 Å². The van der Waals surface area contributed by atoms with E-state index in [0.29, 0.717) is 6.04 Å². The minimum absolute atomic E-state index is 0.196. The molecule has 1 saturated carbocycles. The second-order valence-electron chi connectivity index (χ2n) is 5.05. The molecule has 0 aromatic carbocycles. The molecule has 1 aromatic heterocycles. The Balaban J connectivity index is 1.79. The first-order valence-electron chi connectivity index (χ1n) is 6.92. The summed E-state index contributed by atoms with van der Waals surface area (Å²) in [5, 5.41) is 12.8. The highest BCUT2D eigenvalue weighted by Gasteiger charge is 2.22. The molecule has 0 radical (unpaired) electrons. The van der Waals surface area contributed by atoms with Crippen LogP contribution in [0, 0.1) is 17.2 Å². The normalized spacial score (nSPS) is 24.2. The van der Waals surface area contributed by atoms with Crippen molar-refractivity contribution < 1.29 is 0 Å². The average Bonchev–Trinajstić information content (AvgIpc) is 2.65. The van der Waals surface area contributed by atoms with Gasteiger partial charge in [-0.1, -0.05) is 25.3 Å². The first-order valence-corrected chi connectivity index (χ1v) is 6.92. The molecule has 0 bridgehead atoms. The highest BCUT2D eigenvalue weighted by molar-refractivity contribution is 5.08. The van der Waals surface area contributed by atoms with Crippen LogP contribution in [0.5, 0.6) is 0 Å². The van der Waals surface area contributed by atoms with Crippen molar-refractivity contribution in [3.63, 3.8) is 0 Å². The van der Waals surface area contributed by atoms with Gasteiger partial charge in [-0.25, -0.2) is 0 Å². The second kappa shape index (κ2) is 7.13. The van der Waals surface area contributed by atoms with E-state index < -0.39 is 0 Å². The van der Waals surface area contributed by atoms with Gasteiger partial charge in [-0.05, 0) is 37.4 Å². The maximum Gasteiger partial charge on any atom is 0.0672 e. The van der Waals surface area contributed by atoms with E-state index in [1.165, 1.54) is 24.8 Å². The monoisotopic (exact) mass is 243 g/mol. The van der Waals surface area contributed by atoms with Gasteiger partial charge in [0.1, 0.15) is 0 Å². The molecule has 1 heterocycles. The van der Waals surface area contributed by atoms with Gasteiger partial charge in [-0.3, -0.25) is 4.98 Å². The largest absolute Gasteiger partial charge is 0.312 e. The van der Waals surface area contributed by atoms with Crippen molar-refractivity contribution in [1.29, 1.82) is 5.26 Å². The summed E-state index contributed by atoms with van der Waals surface area (Å²) in [4.78, 5) is 4.12. The molecular formula is C15H21N3. The van der Waals surface area contributed by atoms with Gasteiger partial charge in [0.2, 0.25) is 0 Å². The Hall–Kier alpha value is -1.40. The molecule has 1 aliphatic carbocycles. The molecule has 0 saturated heterocycles. The fourth-order valence-electron chi connectivity index (χ4n) is 2.65. The number of hydrogen-bond acceptors (Lipinski definition) is 3. The van der Waals surface area contributed by atoms with E-state index in [1.54, 1.807) is 6.20 Å². The zero-order valence-electron chi connectivity index (χ0n) is 10.8. The first-order chi connectivity index (χ1) is 8.90. The summed E-state index contributed by atoms with van der Waals surface area (Å²) in [7, 11) is 0. The Morgan fingerprint density at radius 3 is 3.00 bits per heavy atom. The standard InChI is InChI=1S/C15H21N3/c16-11-14-6-2-1-3-7-15(14)18-10-8-13-5-4-9-17-12-13/h4-5,9,12,14-15,18H,1-3,6-8,10H2. The lowest BCUT2D eigenvalue weighted by Crippen LogP contribution is -2.36. The van der Waals surface area contributed by atoms with Crippen LogP contribution in [0.2, 0.25) is 0 Å². The molecule has 0 spiro atoms. The predicted molar refractivity (Wildman–Crippen MR) is 71.9 cm³/mol. The van der Waals surface area contributed by atoms with Crippen LogP contribution in [0.4, 0.5) is 0 Å². The van der Waals surface area contributed by atoms with Crippen molar-refractivity contribution in [2.24, 2.45) is 5.92 Å². The maximum atomic E-state index is 9.20. The highest BCUT2D eigenvalue weighted by atomic mass is 14.9. The Kier molecular flexibility index (Phi) is 5.16. The lowest BCUT2D eigenvalue weighted by Gasteiger charge is -2.20. The quantitative estimate of drug-likeness (QED) is 0.827. The van der Waals surface area contributed by atoms with Crippen LogP contribution in [0.15, 0.2) is 24.5 Å². The van der Waals surface area contributed by atoms with Gasteiger partial charge in [0, 0.05) is 18.4 Å². The molecule has 1 fully saturated rings. The Labute approximate surface area is 109 Å². The van der Waals surface area contributed by atoms with Crippen molar-refractivity contribution in [1.82, 2.24) is 10.3 Å². The molecule has 2 rings (SSSR count). The minimum Gasteiger partial charge on any atom is -0.312 e. The maximum absolute atomic E-state index is 9.20. The number of pyridine rings is 1. The Morgan fingerprint density at radius 2 is 2.22 bits per heavy atom.